The van der Waals surface area contributed by atoms with Crippen LogP contribution in [0.15, 0.2) is 59.6 Å². The van der Waals surface area contributed by atoms with Crippen LogP contribution in [0.3, 0.4) is 0 Å². The second kappa shape index (κ2) is 7.00. The molecule has 0 atom stereocenters. The fourth-order valence-corrected chi connectivity index (χ4v) is 4.47. The molecule has 0 fully saturated rings. The number of methoxy groups -OCH3 is 1. The molecule has 3 aromatic carbocycles. The summed E-state index contributed by atoms with van der Waals surface area (Å²) in [4.78, 5) is 18.0. The minimum Gasteiger partial charge on any atom is -0.495 e. The van der Waals surface area contributed by atoms with Crippen molar-refractivity contribution in [3.8, 4) is 5.75 Å². The molecule has 4 rings (SSSR count). The molecule has 0 saturated carbocycles. The van der Waals surface area contributed by atoms with Gasteiger partial charge in [-0.15, -0.1) is 0 Å². The summed E-state index contributed by atoms with van der Waals surface area (Å²) in [5.41, 5.74) is 2.74. The lowest BCUT2D eigenvalue weighted by atomic mass is 10.1. The molecule has 0 unspecified atom stereocenters. The minimum atomic E-state index is -0.230. The molecule has 5 heteroatoms. The highest BCUT2D eigenvalue weighted by Crippen LogP contribution is 2.30. The molecular weight excluding hydrogens is 356 g/mol. The molecule has 0 aliphatic rings. The number of hydrogen-bond acceptors (Lipinski definition) is 3. The van der Waals surface area contributed by atoms with Crippen LogP contribution in [-0.2, 0) is 6.54 Å². The molecule has 0 spiro atoms. The van der Waals surface area contributed by atoms with Gasteiger partial charge in [-0.3, -0.25) is 4.79 Å². The van der Waals surface area contributed by atoms with Gasteiger partial charge in [-0.2, -0.15) is 4.99 Å². The summed E-state index contributed by atoms with van der Waals surface area (Å²) >= 11 is 1.53. The molecule has 4 aromatic rings. The predicted molar refractivity (Wildman–Crippen MR) is 111 cm³/mol. The zero-order valence-electron chi connectivity index (χ0n) is 15.5. The van der Waals surface area contributed by atoms with Gasteiger partial charge in [0.25, 0.3) is 5.91 Å². The number of fused-ring (bicyclic) bond motifs is 2. The van der Waals surface area contributed by atoms with E-state index in [1.165, 1.54) is 11.3 Å². The number of aromatic nitrogens is 1. The lowest BCUT2D eigenvalue weighted by Gasteiger charge is -2.07. The largest absolute Gasteiger partial charge is 0.495 e. The number of rotatable bonds is 3. The number of carbonyl (C=O) groups is 1. The highest BCUT2D eigenvalue weighted by atomic mass is 32.1. The zero-order chi connectivity index (χ0) is 19.0. The Bertz CT molecular complexity index is 1230. The maximum Gasteiger partial charge on any atom is 0.279 e. The van der Waals surface area contributed by atoms with Crippen molar-refractivity contribution in [2.24, 2.45) is 4.99 Å². The van der Waals surface area contributed by atoms with Crippen LogP contribution < -0.4 is 9.54 Å². The number of thiazole rings is 1. The van der Waals surface area contributed by atoms with Crippen LogP contribution in [0.1, 0.15) is 22.8 Å². The van der Waals surface area contributed by atoms with E-state index in [-0.39, 0.29) is 5.91 Å². The monoisotopic (exact) mass is 376 g/mol. The minimum absolute atomic E-state index is 0.230. The third-order valence-electron chi connectivity index (χ3n) is 4.72. The number of carbonyl (C=O) groups excluding carboxylic acids is 1. The molecule has 0 radical (unpaired) electrons. The van der Waals surface area contributed by atoms with Gasteiger partial charge in [0.05, 0.1) is 11.8 Å². The summed E-state index contributed by atoms with van der Waals surface area (Å²) in [6.45, 7) is 4.82. The van der Waals surface area contributed by atoms with E-state index in [0.717, 1.165) is 32.3 Å². The van der Waals surface area contributed by atoms with Gasteiger partial charge in [-0.05, 0) is 48.4 Å². The standard InChI is InChI=1S/C22H20N2O2S/c1-4-24-19-18(26-3)12-9-14(2)20(19)27-22(24)23-21(25)17-11-10-15-7-5-6-8-16(15)13-17/h5-13H,4H2,1-3H3. The van der Waals surface area contributed by atoms with Crippen LogP contribution in [0.25, 0.3) is 21.0 Å². The first-order valence-corrected chi connectivity index (χ1v) is 9.69. The van der Waals surface area contributed by atoms with Gasteiger partial charge in [0, 0.05) is 12.1 Å². The summed E-state index contributed by atoms with van der Waals surface area (Å²) in [6, 6.07) is 17.7. The van der Waals surface area contributed by atoms with Crippen LogP contribution >= 0.6 is 11.3 Å². The summed E-state index contributed by atoms with van der Waals surface area (Å²) in [6.07, 6.45) is 0. The first-order valence-electron chi connectivity index (χ1n) is 8.87. The molecule has 0 aliphatic heterocycles. The van der Waals surface area contributed by atoms with Gasteiger partial charge in [0.2, 0.25) is 0 Å². The van der Waals surface area contributed by atoms with Crippen molar-refractivity contribution in [1.29, 1.82) is 0 Å². The van der Waals surface area contributed by atoms with E-state index in [2.05, 4.69) is 11.9 Å². The van der Waals surface area contributed by atoms with Crippen molar-refractivity contribution in [3.63, 3.8) is 0 Å². The quantitative estimate of drug-likeness (QED) is 0.509. The average molecular weight is 376 g/mol. The van der Waals surface area contributed by atoms with Crippen molar-refractivity contribution in [3.05, 3.63) is 70.5 Å². The summed E-state index contributed by atoms with van der Waals surface area (Å²) < 4.78 is 8.68. The maximum atomic E-state index is 12.8. The molecule has 0 bridgehead atoms. The van der Waals surface area contributed by atoms with Crippen molar-refractivity contribution >= 4 is 38.2 Å². The van der Waals surface area contributed by atoms with E-state index < -0.39 is 0 Å². The van der Waals surface area contributed by atoms with Crippen molar-refractivity contribution < 1.29 is 9.53 Å². The van der Waals surface area contributed by atoms with Gasteiger partial charge in [-0.1, -0.05) is 47.7 Å². The number of aryl methyl sites for hydroxylation is 2. The molecule has 0 aliphatic carbocycles. The van der Waals surface area contributed by atoms with E-state index in [1.807, 2.05) is 66.1 Å². The van der Waals surface area contributed by atoms with E-state index in [4.69, 9.17) is 4.74 Å². The van der Waals surface area contributed by atoms with Crippen LogP contribution in [0, 0.1) is 6.92 Å². The Hall–Kier alpha value is -2.92. The third-order valence-corrected chi connectivity index (χ3v) is 5.93. The predicted octanol–water partition coefficient (Wildman–Crippen LogP) is 4.93. The van der Waals surface area contributed by atoms with E-state index in [1.54, 1.807) is 7.11 Å². The molecule has 0 saturated heterocycles. The maximum absolute atomic E-state index is 12.8. The number of nitrogens with zero attached hydrogens (tertiary/aromatic N) is 2. The fraction of sp³-hybridized carbons (Fsp3) is 0.182. The third kappa shape index (κ3) is 3.04. The Balaban J connectivity index is 1.88. The van der Waals surface area contributed by atoms with Crippen molar-refractivity contribution in [2.75, 3.05) is 7.11 Å². The Morgan fingerprint density at radius 3 is 2.63 bits per heavy atom. The van der Waals surface area contributed by atoms with E-state index in [9.17, 15) is 4.79 Å². The van der Waals surface area contributed by atoms with Gasteiger partial charge < -0.3 is 9.30 Å². The Labute approximate surface area is 161 Å². The number of ether oxygens (including phenoxy) is 1. The molecule has 27 heavy (non-hydrogen) atoms. The van der Waals surface area contributed by atoms with Crippen LogP contribution in [0.5, 0.6) is 5.75 Å². The number of hydrogen-bond donors (Lipinski definition) is 0. The zero-order valence-corrected chi connectivity index (χ0v) is 16.3. The molecule has 1 aromatic heterocycles. The van der Waals surface area contributed by atoms with Crippen LogP contribution in [-0.4, -0.2) is 17.6 Å². The summed E-state index contributed by atoms with van der Waals surface area (Å²) in [5, 5.41) is 2.15. The van der Waals surface area contributed by atoms with E-state index in [0.29, 0.717) is 16.9 Å². The van der Waals surface area contributed by atoms with Crippen molar-refractivity contribution in [2.45, 2.75) is 20.4 Å². The second-order valence-corrected chi connectivity index (χ2v) is 7.35. The number of amides is 1. The van der Waals surface area contributed by atoms with Crippen LogP contribution in [0.2, 0.25) is 0 Å². The Kier molecular flexibility index (Phi) is 4.54. The normalized spacial score (nSPS) is 12.0. The molecule has 4 nitrogen and oxygen atoms in total. The SMILES string of the molecule is CCn1c(=NC(=O)c2ccc3ccccc3c2)sc2c(C)ccc(OC)c21. The summed E-state index contributed by atoms with van der Waals surface area (Å²) in [5.74, 6) is 0.569. The van der Waals surface area contributed by atoms with Gasteiger partial charge in [0.15, 0.2) is 4.80 Å². The highest BCUT2D eigenvalue weighted by Gasteiger charge is 2.14. The van der Waals surface area contributed by atoms with Gasteiger partial charge >= 0.3 is 0 Å². The molecular formula is C22H20N2O2S. The van der Waals surface area contributed by atoms with Crippen LogP contribution in [0.4, 0.5) is 0 Å². The topological polar surface area (TPSA) is 43.6 Å². The molecule has 1 amide bonds. The average Bonchev–Trinajstić information content (AvgIpc) is 3.07. The molecule has 1 heterocycles. The molecule has 136 valence electrons. The number of benzene rings is 3. The lowest BCUT2D eigenvalue weighted by molar-refractivity contribution is 0.0998. The smallest absolute Gasteiger partial charge is 0.279 e. The Morgan fingerprint density at radius 2 is 1.89 bits per heavy atom. The molecule has 0 N–H and O–H groups in total. The van der Waals surface area contributed by atoms with Gasteiger partial charge in [-0.25, -0.2) is 0 Å². The second-order valence-electron chi connectivity index (χ2n) is 6.37. The summed E-state index contributed by atoms with van der Waals surface area (Å²) in [7, 11) is 1.67. The Morgan fingerprint density at radius 1 is 1.11 bits per heavy atom. The lowest BCUT2D eigenvalue weighted by Crippen LogP contribution is -2.16. The van der Waals surface area contributed by atoms with Crippen molar-refractivity contribution in [1.82, 2.24) is 4.57 Å². The first kappa shape index (κ1) is 17.5. The van der Waals surface area contributed by atoms with Gasteiger partial charge in [0.1, 0.15) is 11.3 Å². The fourth-order valence-electron chi connectivity index (χ4n) is 3.30. The first-order chi connectivity index (χ1) is 13.1. The highest BCUT2D eigenvalue weighted by molar-refractivity contribution is 7.16. The van der Waals surface area contributed by atoms with E-state index >= 15 is 0 Å².